The van der Waals surface area contributed by atoms with Crippen LogP contribution in [0.3, 0.4) is 0 Å². The van der Waals surface area contributed by atoms with Crippen LogP contribution in [0, 0.1) is 0 Å². The predicted molar refractivity (Wildman–Crippen MR) is 106 cm³/mol. The van der Waals surface area contributed by atoms with Crippen LogP contribution >= 0.6 is 0 Å². The van der Waals surface area contributed by atoms with Gasteiger partial charge in [-0.25, -0.2) is 4.98 Å². The first kappa shape index (κ1) is 17.8. The van der Waals surface area contributed by atoms with Crippen LogP contribution in [0.4, 0.5) is 0 Å². The molecule has 0 N–H and O–H groups in total. The van der Waals surface area contributed by atoms with E-state index in [2.05, 4.69) is 31.2 Å². The molecule has 29 heavy (non-hydrogen) atoms. The van der Waals surface area contributed by atoms with Crippen molar-refractivity contribution in [3.63, 3.8) is 0 Å². The summed E-state index contributed by atoms with van der Waals surface area (Å²) in [7, 11) is 3.31. The third-order valence-corrected chi connectivity index (χ3v) is 5.52. The number of methoxy groups -OCH3 is 2. The average Bonchev–Trinajstić information content (AvgIpc) is 3.32. The van der Waals surface area contributed by atoms with Crippen LogP contribution in [-0.4, -0.2) is 45.4 Å². The number of ether oxygens (including phenoxy) is 2. The van der Waals surface area contributed by atoms with Crippen molar-refractivity contribution in [2.75, 3.05) is 20.8 Å². The van der Waals surface area contributed by atoms with Crippen LogP contribution in [0.25, 0.3) is 17.2 Å². The summed E-state index contributed by atoms with van der Waals surface area (Å²) in [4.78, 5) is 6.80. The standard InChI is InChI=1S/C21H23N5O3/c1-13-19-23-24-20(17-12-29-21(22-17)14-4-5-14)26(19)9-8-25(13)11-15-6-7-16(27-2)10-18(15)28-3/h6-7,10,12,14H,1,4-5,8-9,11H2,2-3H3. The first-order valence-corrected chi connectivity index (χ1v) is 9.72. The van der Waals surface area contributed by atoms with E-state index in [1.807, 2.05) is 18.2 Å². The van der Waals surface area contributed by atoms with Crippen molar-refractivity contribution in [2.24, 2.45) is 0 Å². The van der Waals surface area contributed by atoms with Gasteiger partial charge in [0.2, 0.25) is 0 Å². The van der Waals surface area contributed by atoms with Crippen LogP contribution in [-0.2, 0) is 13.1 Å². The zero-order valence-corrected chi connectivity index (χ0v) is 16.6. The monoisotopic (exact) mass is 393 g/mol. The van der Waals surface area contributed by atoms with Gasteiger partial charge in [-0.05, 0) is 25.0 Å². The number of oxazole rings is 1. The minimum absolute atomic E-state index is 0.470. The fourth-order valence-corrected chi connectivity index (χ4v) is 3.69. The Bertz CT molecular complexity index is 1070. The number of rotatable bonds is 6. The molecule has 3 heterocycles. The van der Waals surface area contributed by atoms with E-state index in [1.54, 1.807) is 20.5 Å². The lowest BCUT2D eigenvalue weighted by Gasteiger charge is -2.31. The number of nitrogens with zero attached hydrogens (tertiary/aromatic N) is 5. The maximum Gasteiger partial charge on any atom is 0.197 e. The summed E-state index contributed by atoms with van der Waals surface area (Å²) < 4.78 is 18.5. The SMILES string of the molecule is C=C1c2nnc(-c3coc(C4CC4)n3)n2CCN1Cc1ccc(OC)cc1OC. The van der Waals surface area contributed by atoms with Gasteiger partial charge in [-0.3, -0.25) is 0 Å². The highest BCUT2D eigenvalue weighted by molar-refractivity contribution is 5.61. The van der Waals surface area contributed by atoms with E-state index in [-0.39, 0.29) is 0 Å². The molecule has 2 aromatic heterocycles. The first-order chi connectivity index (χ1) is 14.2. The van der Waals surface area contributed by atoms with Crippen LogP contribution in [0.15, 0.2) is 35.5 Å². The van der Waals surface area contributed by atoms with Gasteiger partial charge in [0.15, 0.2) is 17.5 Å². The quantitative estimate of drug-likeness (QED) is 0.636. The van der Waals surface area contributed by atoms with Crippen molar-refractivity contribution < 1.29 is 13.9 Å². The predicted octanol–water partition coefficient (Wildman–Crippen LogP) is 3.31. The Balaban J connectivity index is 1.38. The van der Waals surface area contributed by atoms with Crippen LogP contribution in [0.5, 0.6) is 11.5 Å². The van der Waals surface area contributed by atoms with Crippen LogP contribution in [0.2, 0.25) is 0 Å². The minimum atomic E-state index is 0.470. The van der Waals surface area contributed by atoms with Gasteiger partial charge >= 0.3 is 0 Å². The molecule has 5 rings (SSSR count). The maximum absolute atomic E-state index is 5.63. The van der Waals surface area contributed by atoms with Gasteiger partial charge in [0.25, 0.3) is 0 Å². The molecule has 8 nitrogen and oxygen atoms in total. The minimum Gasteiger partial charge on any atom is -0.497 e. The van der Waals surface area contributed by atoms with Crippen LogP contribution < -0.4 is 9.47 Å². The Morgan fingerprint density at radius 2 is 1.97 bits per heavy atom. The highest BCUT2D eigenvalue weighted by atomic mass is 16.5. The number of hydrogen-bond donors (Lipinski definition) is 0. The lowest BCUT2D eigenvalue weighted by molar-refractivity contribution is 0.331. The first-order valence-electron chi connectivity index (χ1n) is 9.72. The summed E-state index contributed by atoms with van der Waals surface area (Å²) in [6.07, 6.45) is 3.99. The molecular weight excluding hydrogens is 370 g/mol. The molecule has 1 aliphatic heterocycles. The molecule has 0 amide bonds. The summed E-state index contributed by atoms with van der Waals surface area (Å²) >= 11 is 0. The molecule has 0 bridgehead atoms. The van der Waals surface area contributed by atoms with Crippen molar-refractivity contribution in [1.29, 1.82) is 0 Å². The second kappa shape index (κ2) is 6.95. The van der Waals surface area contributed by atoms with Gasteiger partial charge in [-0.2, -0.15) is 0 Å². The molecule has 1 fully saturated rings. The summed E-state index contributed by atoms with van der Waals surface area (Å²) in [5.41, 5.74) is 2.63. The van der Waals surface area contributed by atoms with Crippen molar-refractivity contribution in [1.82, 2.24) is 24.6 Å². The van der Waals surface area contributed by atoms with Crippen molar-refractivity contribution >= 4 is 5.70 Å². The third-order valence-electron chi connectivity index (χ3n) is 5.52. The highest BCUT2D eigenvalue weighted by Gasteiger charge is 2.31. The van der Waals surface area contributed by atoms with E-state index in [9.17, 15) is 0 Å². The second-order valence-electron chi connectivity index (χ2n) is 7.39. The summed E-state index contributed by atoms with van der Waals surface area (Å²) in [5, 5.41) is 8.76. The van der Waals surface area contributed by atoms with E-state index in [0.717, 1.165) is 71.9 Å². The van der Waals surface area contributed by atoms with E-state index >= 15 is 0 Å². The van der Waals surface area contributed by atoms with Gasteiger partial charge in [-0.15, -0.1) is 10.2 Å². The van der Waals surface area contributed by atoms with Crippen molar-refractivity contribution in [3.8, 4) is 23.0 Å². The fourth-order valence-electron chi connectivity index (χ4n) is 3.69. The third kappa shape index (κ3) is 3.14. The Morgan fingerprint density at radius 1 is 1.14 bits per heavy atom. The molecule has 1 saturated carbocycles. The largest absolute Gasteiger partial charge is 0.497 e. The highest BCUT2D eigenvalue weighted by Crippen LogP contribution is 2.40. The van der Waals surface area contributed by atoms with Crippen molar-refractivity contribution in [3.05, 3.63) is 48.3 Å². The summed E-state index contributed by atoms with van der Waals surface area (Å²) in [5.74, 6) is 4.33. The number of benzene rings is 1. The molecule has 2 aliphatic rings. The zero-order chi connectivity index (χ0) is 20.0. The molecule has 1 aromatic carbocycles. The Kier molecular flexibility index (Phi) is 4.26. The molecule has 1 aliphatic carbocycles. The zero-order valence-electron chi connectivity index (χ0n) is 16.6. The molecule has 0 saturated heterocycles. The van der Waals surface area contributed by atoms with E-state index in [1.165, 1.54) is 0 Å². The molecule has 8 heteroatoms. The maximum atomic E-state index is 5.63. The van der Waals surface area contributed by atoms with Crippen LogP contribution in [0.1, 0.15) is 36.0 Å². The van der Waals surface area contributed by atoms with Gasteiger partial charge in [-0.1, -0.05) is 6.58 Å². The fraction of sp³-hybridized carbons (Fsp3) is 0.381. The van der Waals surface area contributed by atoms with Gasteiger partial charge in [0, 0.05) is 37.2 Å². The molecule has 0 radical (unpaired) electrons. The Hall–Kier alpha value is -3.29. The Labute approximate surface area is 168 Å². The van der Waals surface area contributed by atoms with E-state index in [0.29, 0.717) is 12.5 Å². The molecule has 0 unspecified atom stereocenters. The molecule has 150 valence electrons. The molecule has 0 atom stereocenters. The summed E-state index contributed by atoms with van der Waals surface area (Å²) in [6, 6.07) is 5.85. The number of fused-ring (bicyclic) bond motifs is 1. The lowest BCUT2D eigenvalue weighted by atomic mass is 10.1. The van der Waals surface area contributed by atoms with Crippen molar-refractivity contribution in [2.45, 2.75) is 31.8 Å². The number of aromatic nitrogens is 4. The topological polar surface area (TPSA) is 78.4 Å². The lowest BCUT2D eigenvalue weighted by Crippen LogP contribution is -2.32. The molecular formula is C21H23N5O3. The summed E-state index contributed by atoms with van der Waals surface area (Å²) in [6.45, 7) is 6.48. The molecule has 3 aromatic rings. The van der Waals surface area contributed by atoms with E-state index < -0.39 is 0 Å². The van der Waals surface area contributed by atoms with Gasteiger partial charge in [0.05, 0.1) is 19.9 Å². The van der Waals surface area contributed by atoms with Gasteiger partial charge < -0.3 is 23.4 Å². The number of hydrogen-bond acceptors (Lipinski definition) is 7. The normalized spacial score (nSPS) is 16.1. The van der Waals surface area contributed by atoms with Gasteiger partial charge in [0.1, 0.15) is 23.5 Å². The second-order valence-corrected chi connectivity index (χ2v) is 7.39. The Morgan fingerprint density at radius 3 is 2.72 bits per heavy atom. The molecule has 0 spiro atoms. The smallest absolute Gasteiger partial charge is 0.197 e. The average molecular weight is 393 g/mol. The van der Waals surface area contributed by atoms with E-state index in [4.69, 9.17) is 13.9 Å².